The van der Waals surface area contributed by atoms with Crippen molar-refractivity contribution in [3.8, 4) is 11.5 Å². The number of morpholine rings is 1. The van der Waals surface area contributed by atoms with Crippen molar-refractivity contribution in [3.05, 3.63) is 40.7 Å². The molecule has 0 bridgehead atoms. The number of aromatic hydroxyl groups is 1. The summed E-state index contributed by atoms with van der Waals surface area (Å²) in [6.45, 7) is 5.64. The molecule has 0 saturated carbocycles. The number of amides is 1. The zero-order valence-corrected chi connectivity index (χ0v) is 15.4. The number of hydrogen-bond donors (Lipinski definition) is 3. The smallest absolute Gasteiger partial charge is 0.291 e. The first-order valence-electron chi connectivity index (χ1n) is 8.62. The molecule has 27 heavy (non-hydrogen) atoms. The van der Waals surface area contributed by atoms with Crippen molar-refractivity contribution in [1.82, 2.24) is 20.5 Å². The van der Waals surface area contributed by atoms with Crippen LogP contribution in [0.15, 0.2) is 23.3 Å². The third kappa shape index (κ3) is 4.83. The molecule has 3 rings (SSSR count). The number of aromatic amines is 1. The highest BCUT2D eigenvalue weighted by atomic mass is 16.5. The van der Waals surface area contributed by atoms with Crippen LogP contribution in [0.3, 0.4) is 0 Å². The average Bonchev–Trinajstić information content (AvgIpc) is 3.11. The van der Waals surface area contributed by atoms with Gasteiger partial charge in [0.1, 0.15) is 0 Å². The van der Waals surface area contributed by atoms with E-state index in [9.17, 15) is 9.90 Å². The Morgan fingerprint density at radius 2 is 2.22 bits per heavy atom. The van der Waals surface area contributed by atoms with Crippen LogP contribution >= 0.6 is 0 Å². The molecule has 1 aliphatic rings. The minimum Gasteiger partial charge on any atom is -0.504 e. The van der Waals surface area contributed by atoms with Gasteiger partial charge in [-0.25, -0.2) is 5.43 Å². The van der Waals surface area contributed by atoms with Crippen LogP contribution in [0.25, 0.3) is 0 Å². The number of ether oxygens (including phenoxy) is 2. The molecule has 9 nitrogen and oxygen atoms in total. The highest BCUT2D eigenvalue weighted by Crippen LogP contribution is 2.31. The minimum absolute atomic E-state index is 0.0307. The molecule has 144 valence electrons. The lowest BCUT2D eigenvalue weighted by Crippen LogP contribution is -2.35. The fraction of sp³-hybridized carbons (Fsp3) is 0.389. The van der Waals surface area contributed by atoms with Crippen molar-refractivity contribution in [2.75, 3.05) is 33.4 Å². The summed E-state index contributed by atoms with van der Waals surface area (Å²) < 4.78 is 10.6. The van der Waals surface area contributed by atoms with Crippen LogP contribution in [0.4, 0.5) is 0 Å². The summed E-state index contributed by atoms with van der Waals surface area (Å²) in [5.41, 5.74) is 4.85. The number of aryl methyl sites for hydroxylation is 1. The second-order valence-corrected chi connectivity index (χ2v) is 6.26. The van der Waals surface area contributed by atoms with Crippen LogP contribution in [-0.2, 0) is 11.3 Å². The molecule has 9 heteroatoms. The monoisotopic (exact) mass is 373 g/mol. The first-order chi connectivity index (χ1) is 13.1. The van der Waals surface area contributed by atoms with E-state index < -0.39 is 5.91 Å². The van der Waals surface area contributed by atoms with Crippen molar-refractivity contribution in [2.24, 2.45) is 5.10 Å². The number of phenols is 1. The number of carbonyl (C=O) groups is 1. The van der Waals surface area contributed by atoms with E-state index in [1.165, 1.54) is 13.3 Å². The summed E-state index contributed by atoms with van der Waals surface area (Å²) in [5, 5.41) is 20.8. The molecular formula is C18H23N5O4. The Bertz CT molecular complexity index is 827. The molecule has 1 aromatic carbocycles. The fourth-order valence-corrected chi connectivity index (χ4v) is 2.80. The number of benzene rings is 1. The van der Waals surface area contributed by atoms with E-state index in [-0.39, 0.29) is 11.4 Å². The third-order valence-corrected chi connectivity index (χ3v) is 4.20. The second-order valence-electron chi connectivity index (χ2n) is 6.26. The molecule has 1 saturated heterocycles. The van der Waals surface area contributed by atoms with Crippen LogP contribution in [0.5, 0.6) is 11.5 Å². The van der Waals surface area contributed by atoms with Gasteiger partial charge in [-0.3, -0.25) is 14.8 Å². The van der Waals surface area contributed by atoms with Gasteiger partial charge in [0, 0.05) is 30.9 Å². The number of H-pyrrole nitrogens is 1. The number of nitrogens with one attached hydrogen (secondary N) is 2. The highest BCUT2D eigenvalue weighted by molar-refractivity contribution is 5.93. The number of hydrogen-bond acceptors (Lipinski definition) is 7. The van der Waals surface area contributed by atoms with Crippen molar-refractivity contribution < 1.29 is 19.4 Å². The Hall–Kier alpha value is -2.91. The molecule has 3 N–H and O–H groups in total. The number of methoxy groups -OCH3 is 1. The lowest BCUT2D eigenvalue weighted by molar-refractivity contribution is 0.0341. The first kappa shape index (κ1) is 18.9. The molecule has 0 spiro atoms. The molecule has 2 heterocycles. The largest absolute Gasteiger partial charge is 0.504 e. The molecule has 0 atom stereocenters. The minimum atomic E-state index is -0.438. The van der Waals surface area contributed by atoms with Crippen molar-refractivity contribution in [2.45, 2.75) is 13.5 Å². The van der Waals surface area contributed by atoms with E-state index in [1.807, 2.05) is 6.07 Å². The second kappa shape index (κ2) is 8.65. The van der Waals surface area contributed by atoms with Gasteiger partial charge in [0.05, 0.1) is 26.5 Å². The lowest BCUT2D eigenvalue weighted by atomic mass is 10.1. The summed E-state index contributed by atoms with van der Waals surface area (Å²) in [5.74, 6) is -0.111. The topological polar surface area (TPSA) is 112 Å². The Morgan fingerprint density at radius 3 is 2.89 bits per heavy atom. The average molecular weight is 373 g/mol. The molecule has 0 unspecified atom stereocenters. The van der Waals surface area contributed by atoms with E-state index in [2.05, 4.69) is 25.6 Å². The summed E-state index contributed by atoms with van der Waals surface area (Å²) in [6.07, 6.45) is 1.39. The number of carbonyl (C=O) groups excluding carboxylic acids is 1. The van der Waals surface area contributed by atoms with E-state index in [1.54, 1.807) is 19.1 Å². The molecule has 1 fully saturated rings. The van der Waals surface area contributed by atoms with Crippen LogP contribution < -0.4 is 10.2 Å². The predicted molar refractivity (Wildman–Crippen MR) is 99.1 cm³/mol. The van der Waals surface area contributed by atoms with Gasteiger partial charge in [0.2, 0.25) is 0 Å². The van der Waals surface area contributed by atoms with Crippen LogP contribution in [0.2, 0.25) is 0 Å². The first-order valence-corrected chi connectivity index (χ1v) is 8.62. The van der Waals surface area contributed by atoms with Gasteiger partial charge < -0.3 is 14.6 Å². The predicted octanol–water partition coefficient (Wildman–Crippen LogP) is 1.03. The van der Waals surface area contributed by atoms with Gasteiger partial charge in [-0.05, 0) is 30.7 Å². The number of rotatable bonds is 6. The zero-order chi connectivity index (χ0) is 19.2. The van der Waals surface area contributed by atoms with Gasteiger partial charge in [0.15, 0.2) is 17.2 Å². The molecule has 1 amide bonds. The number of phenolic OH excluding ortho intramolecular Hbond substituents is 1. The molecule has 2 aromatic rings. The van der Waals surface area contributed by atoms with Crippen molar-refractivity contribution in [1.29, 1.82) is 0 Å². The highest BCUT2D eigenvalue weighted by Gasteiger charge is 2.15. The Kier molecular flexibility index (Phi) is 6.05. The molecule has 0 radical (unpaired) electrons. The van der Waals surface area contributed by atoms with Crippen molar-refractivity contribution in [3.63, 3.8) is 0 Å². The van der Waals surface area contributed by atoms with Crippen molar-refractivity contribution >= 4 is 12.1 Å². The van der Waals surface area contributed by atoms with Gasteiger partial charge in [-0.15, -0.1) is 0 Å². The maximum Gasteiger partial charge on any atom is 0.291 e. The zero-order valence-electron chi connectivity index (χ0n) is 15.4. The van der Waals surface area contributed by atoms with E-state index >= 15 is 0 Å². The maximum absolute atomic E-state index is 12.0. The summed E-state index contributed by atoms with van der Waals surface area (Å²) >= 11 is 0. The fourth-order valence-electron chi connectivity index (χ4n) is 2.80. The summed E-state index contributed by atoms with van der Waals surface area (Å²) in [4.78, 5) is 14.2. The van der Waals surface area contributed by atoms with Gasteiger partial charge in [-0.2, -0.15) is 10.2 Å². The van der Waals surface area contributed by atoms with E-state index in [0.29, 0.717) is 31.1 Å². The molecule has 0 aliphatic carbocycles. The van der Waals surface area contributed by atoms with Crippen LogP contribution in [0.1, 0.15) is 27.3 Å². The summed E-state index contributed by atoms with van der Waals surface area (Å²) in [6, 6.07) is 5.24. The molecule has 1 aliphatic heterocycles. The molecular weight excluding hydrogens is 350 g/mol. The Labute approximate surface area is 157 Å². The standard InChI is InChI=1S/C18H23N5O4/c1-12-7-15(21-20-12)18(25)22-19-10-14-8-13(9-16(26-2)17(14)24)11-23-3-5-27-6-4-23/h7-10,24H,3-6,11H2,1-2H3,(H,20,21)(H,22,25). The number of nitrogens with zero attached hydrogens (tertiary/aromatic N) is 3. The van der Waals surface area contributed by atoms with E-state index in [4.69, 9.17) is 9.47 Å². The maximum atomic E-state index is 12.0. The normalized spacial score (nSPS) is 15.2. The number of hydrazone groups is 1. The lowest BCUT2D eigenvalue weighted by Gasteiger charge is -2.26. The quantitative estimate of drug-likeness (QED) is 0.515. The van der Waals surface area contributed by atoms with E-state index in [0.717, 1.165) is 24.3 Å². The molecule has 1 aromatic heterocycles. The van der Waals surface area contributed by atoms with Gasteiger partial charge in [0.25, 0.3) is 5.91 Å². The van der Waals surface area contributed by atoms with Gasteiger partial charge in [-0.1, -0.05) is 0 Å². The van der Waals surface area contributed by atoms with Gasteiger partial charge >= 0.3 is 0 Å². The number of aromatic nitrogens is 2. The Balaban J connectivity index is 1.72. The third-order valence-electron chi connectivity index (χ3n) is 4.20. The van der Waals surface area contributed by atoms with Crippen LogP contribution in [-0.4, -0.2) is 65.7 Å². The van der Waals surface area contributed by atoms with Crippen LogP contribution in [0, 0.1) is 6.92 Å². The Morgan fingerprint density at radius 1 is 1.44 bits per heavy atom. The summed E-state index contributed by atoms with van der Waals surface area (Å²) in [7, 11) is 1.50. The SMILES string of the molecule is COc1cc(CN2CCOCC2)cc(C=NNC(=O)c2cc(C)[nH]n2)c1O.